The predicted molar refractivity (Wildman–Crippen MR) is 127 cm³/mol. The molecule has 0 atom stereocenters. The molecule has 0 radical (unpaired) electrons. The van der Waals surface area contributed by atoms with Crippen molar-refractivity contribution in [2.45, 2.75) is 113 Å². The highest BCUT2D eigenvalue weighted by Gasteiger charge is 2.31. The molecule has 3 rings (SSSR count). The molecule has 0 bridgehead atoms. The normalized spacial score (nSPS) is 25.4. The lowest BCUT2D eigenvalue weighted by Crippen LogP contribution is -2.25. The van der Waals surface area contributed by atoms with E-state index in [1.165, 1.54) is 25.7 Å². The summed E-state index contributed by atoms with van der Waals surface area (Å²) in [5.41, 5.74) is 0.548. The first kappa shape index (κ1) is 28.9. The molecule has 1 nitrogen and oxygen atoms in total. The van der Waals surface area contributed by atoms with Gasteiger partial charge in [-0.2, -0.15) is 4.39 Å². The van der Waals surface area contributed by atoms with Crippen molar-refractivity contribution in [2.24, 2.45) is 17.8 Å². The molecule has 0 aromatic heterocycles. The molecule has 0 saturated heterocycles. The first-order valence-corrected chi connectivity index (χ1v) is 12.7. The van der Waals surface area contributed by atoms with Crippen LogP contribution >= 0.6 is 0 Å². The van der Waals surface area contributed by atoms with Crippen molar-refractivity contribution in [3.05, 3.63) is 29.3 Å². The number of halogens is 2. The minimum atomic E-state index is -0.822. The van der Waals surface area contributed by atoms with Crippen LogP contribution in [0.3, 0.4) is 0 Å². The van der Waals surface area contributed by atoms with E-state index in [2.05, 4.69) is 6.92 Å². The van der Waals surface area contributed by atoms with Gasteiger partial charge in [0.25, 0.3) is 0 Å². The van der Waals surface area contributed by atoms with Crippen molar-refractivity contribution in [3.63, 3.8) is 0 Å². The van der Waals surface area contributed by atoms with Gasteiger partial charge in [-0.15, -0.1) is 0 Å². The highest BCUT2D eigenvalue weighted by Crippen LogP contribution is 2.44. The molecule has 0 N–H and O–H groups in total. The molecule has 0 amide bonds. The van der Waals surface area contributed by atoms with Gasteiger partial charge in [0.05, 0.1) is 6.61 Å². The van der Waals surface area contributed by atoms with Gasteiger partial charge < -0.3 is 4.74 Å². The highest BCUT2D eigenvalue weighted by molar-refractivity contribution is 5.33. The Bertz CT molecular complexity index is 542. The van der Waals surface area contributed by atoms with Gasteiger partial charge in [0, 0.05) is 0 Å². The minimum absolute atomic E-state index is 0.0313. The Balaban J connectivity index is 0.00000129. The first-order chi connectivity index (χ1) is 14.6. The molecule has 0 spiro atoms. The van der Waals surface area contributed by atoms with Crippen molar-refractivity contribution in [1.29, 1.82) is 0 Å². The van der Waals surface area contributed by atoms with Crippen LogP contribution in [0, 0.1) is 29.4 Å². The smallest absolute Gasteiger partial charge is 0.200 e. The van der Waals surface area contributed by atoms with Gasteiger partial charge in [0.1, 0.15) is 0 Å². The second-order valence-electron chi connectivity index (χ2n) is 7.85. The Kier molecular flexibility index (Phi) is 15.9. The minimum Gasteiger partial charge on any atom is -0.491 e. The lowest BCUT2D eigenvalue weighted by molar-refractivity contribution is 0.164. The predicted octanol–water partition coefficient (Wildman–Crippen LogP) is 9.54. The van der Waals surface area contributed by atoms with Crippen LogP contribution in [0.4, 0.5) is 8.78 Å². The fourth-order valence-corrected chi connectivity index (χ4v) is 4.79. The van der Waals surface area contributed by atoms with E-state index in [-0.39, 0.29) is 11.7 Å². The maximum absolute atomic E-state index is 14.4. The summed E-state index contributed by atoms with van der Waals surface area (Å²) in [7, 11) is 0. The average molecular weight is 427 g/mol. The average Bonchev–Trinajstić information content (AvgIpc) is 2.82. The second kappa shape index (κ2) is 16.6. The summed E-state index contributed by atoms with van der Waals surface area (Å²) in [4.78, 5) is 0. The van der Waals surface area contributed by atoms with Gasteiger partial charge in [-0.3, -0.25) is 0 Å². The van der Waals surface area contributed by atoms with Crippen LogP contribution in [-0.2, 0) is 0 Å². The zero-order chi connectivity index (χ0) is 23.1. The standard InChI is InChI=1S/C21H30F2O.3C2H6/c1-3-24-19-13-12-18(20(22)21(19)23)17-10-8-16(9-11-17)15-6-4-14(2)5-7-15;3*1-2/h12-17H,3-11H2,1-2H3;3*1-2H3. The van der Waals surface area contributed by atoms with E-state index >= 15 is 0 Å². The van der Waals surface area contributed by atoms with Crippen LogP contribution in [0.5, 0.6) is 5.75 Å². The number of benzene rings is 1. The Morgan fingerprint density at radius 3 is 1.67 bits per heavy atom. The van der Waals surface area contributed by atoms with E-state index in [0.29, 0.717) is 12.2 Å². The fourth-order valence-electron chi connectivity index (χ4n) is 4.79. The molecule has 176 valence electrons. The SMILES string of the molecule is CC.CC.CC.CCOc1ccc(C2CCC(C3CCC(C)CC3)CC2)c(F)c1F. The zero-order valence-electron chi connectivity index (χ0n) is 21.0. The number of hydrogen-bond donors (Lipinski definition) is 0. The van der Waals surface area contributed by atoms with Gasteiger partial charge in [0.15, 0.2) is 11.6 Å². The lowest BCUT2D eigenvalue weighted by atomic mass is 9.68. The van der Waals surface area contributed by atoms with E-state index in [9.17, 15) is 8.78 Å². The molecule has 2 fully saturated rings. The maximum Gasteiger partial charge on any atom is 0.200 e. The summed E-state index contributed by atoms with van der Waals surface area (Å²) in [6.07, 6.45) is 9.76. The molecule has 1 aromatic rings. The molecular formula is C27H48F2O. The van der Waals surface area contributed by atoms with Crippen LogP contribution in [0.1, 0.15) is 118 Å². The lowest BCUT2D eigenvalue weighted by Gasteiger charge is -2.37. The van der Waals surface area contributed by atoms with Gasteiger partial charge >= 0.3 is 0 Å². The maximum atomic E-state index is 14.4. The third-order valence-electron chi connectivity index (χ3n) is 6.32. The van der Waals surface area contributed by atoms with E-state index in [1.807, 2.05) is 41.5 Å². The quantitative estimate of drug-likeness (QED) is 0.465. The van der Waals surface area contributed by atoms with Gasteiger partial charge in [-0.05, 0) is 80.8 Å². The summed E-state index contributed by atoms with van der Waals surface area (Å²) < 4.78 is 33.7. The van der Waals surface area contributed by atoms with Crippen LogP contribution in [0.15, 0.2) is 12.1 Å². The van der Waals surface area contributed by atoms with Crippen molar-refractivity contribution < 1.29 is 13.5 Å². The number of hydrogen-bond acceptors (Lipinski definition) is 1. The van der Waals surface area contributed by atoms with E-state index in [0.717, 1.165) is 43.4 Å². The van der Waals surface area contributed by atoms with Gasteiger partial charge in [-0.25, -0.2) is 4.39 Å². The van der Waals surface area contributed by atoms with Crippen molar-refractivity contribution >= 4 is 0 Å². The summed E-state index contributed by atoms with van der Waals surface area (Å²) >= 11 is 0. The molecular weight excluding hydrogens is 378 g/mol. The van der Waals surface area contributed by atoms with Crippen molar-refractivity contribution in [2.75, 3.05) is 6.61 Å². The molecule has 3 heteroatoms. The fraction of sp³-hybridized carbons (Fsp3) is 0.778. The molecule has 2 aliphatic rings. The van der Waals surface area contributed by atoms with E-state index in [4.69, 9.17) is 4.74 Å². The summed E-state index contributed by atoms with van der Waals surface area (Å²) in [6, 6.07) is 3.32. The largest absolute Gasteiger partial charge is 0.491 e. The topological polar surface area (TPSA) is 9.23 Å². The van der Waals surface area contributed by atoms with E-state index < -0.39 is 11.6 Å². The summed E-state index contributed by atoms with van der Waals surface area (Å²) in [5, 5.41) is 0. The van der Waals surface area contributed by atoms with Gasteiger partial charge in [0.2, 0.25) is 5.82 Å². The van der Waals surface area contributed by atoms with Crippen molar-refractivity contribution in [1.82, 2.24) is 0 Å². The molecule has 1 aromatic carbocycles. The Morgan fingerprint density at radius 2 is 1.20 bits per heavy atom. The third-order valence-corrected chi connectivity index (χ3v) is 6.32. The van der Waals surface area contributed by atoms with Crippen LogP contribution in [0.2, 0.25) is 0 Å². The summed E-state index contributed by atoms with van der Waals surface area (Å²) in [6.45, 7) is 16.5. The molecule has 0 heterocycles. The molecule has 2 aliphatic carbocycles. The molecule has 0 aliphatic heterocycles. The van der Waals surface area contributed by atoms with Crippen LogP contribution in [0.25, 0.3) is 0 Å². The van der Waals surface area contributed by atoms with Crippen LogP contribution < -0.4 is 4.74 Å². The van der Waals surface area contributed by atoms with Gasteiger partial charge in [-0.1, -0.05) is 67.4 Å². The second-order valence-corrected chi connectivity index (χ2v) is 7.85. The summed E-state index contributed by atoms with van der Waals surface area (Å²) in [5.74, 6) is 1.22. The van der Waals surface area contributed by atoms with Crippen molar-refractivity contribution in [3.8, 4) is 5.75 Å². The monoisotopic (exact) mass is 426 g/mol. The molecule has 30 heavy (non-hydrogen) atoms. The number of ether oxygens (including phenoxy) is 1. The third kappa shape index (κ3) is 8.19. The molecule has 2 saturated carbocycles. The highest BCUT2D eigenvalue weighted by atomic mass is 19.2. The van der Waals surface area contributed by atoms with E-state index in [1.54, 1.807) is 19.1 Å². The molecule has 0 unspecified atom stereocenters. The van der Waals surface area contributed by atoms with Crippen LogP contribution in [-0.4, -0.2) is 6.61 Å². The Morgan fingerprint density at radius 1 is 0.733 bits per heavy atom. The Labute approximate surface area is 186 Å². The first-order valence-electron chi connectivity index (χ1n) is 12.7. The number of rotatable bonds is 4. The Hall–Kier alpha value is -1.12. The zero-order valence-corrected chi connectivity index (χ0v) is 21.0.